The second-order valence-electron chi connectivity index (χ2n) is 10.2. The molecule has 2 heterocycles. The number of likely N-dealkylation sites (tertiary alicyclic amines) is 2. The van der Waals surface area contributed by atoms with Crippen LogP contribution in [0.25, 0.3) is 0 Å². The van der Waals surface area contributed by atoms with Crippen LogP contribution in [0.3, 0.4) is 0 Å². The van der Waals surface area contributed by atoms with E-state index in [0.29, 0.717) is 23.7 Å². The molecule has 1 aromatic rings. The summed E-state index contributed by atoms with van der Waals surface area (Å²) in [5, 5.41) is 0. The van der Waals surface area contributed by atoms with Gasteiger partial charge >= 0.3 is 0 Å². The summed E-state index contributed by atoms with van der Waals surface area (Å²) in [6.07, 6.45) is 8.59. The maximum absolute atomic E-state index is 12.7. The molecule has 4 unspecified atom stereocenters. The van der Waals surface area contributed by atoms with Crippen LogP contribution in [0.15, 0.2) is 36.4 Å². The molecule has 4 atom stereocenters. The first-order valence-electron chi connectivity index (χ1n) is 11.1. The van der Waals surface area contributed by atoms with Crippen molar-refractivity contribution in [2.45, 2.75) is 58.9 Å². The van der Waals surface area contributed by atoms with Crippen LogP contribution >= 0.6 is 0 Å². The van der Waals surface area contributed by atoms with Gasteiger partial charge in [-0.05, 0) is 55.7 Å². The molecule has 0 spiro atoms. The number of amides is 1. The average molecular weight is 381 g/mol. The van der Waals surface area contributed by atoms with Crippen molar-refractivity contribution in [2.75, 3.05) is 26.2 Å². The van der Waals surface area contributed by atoms with Gasteiger partial charge in [-0.3, -0.25) is 4.79 Å². The third-order valence-corrected chi connectivity index (χ3v) is 7.11. The van der Waals surface area contributed by atoms with E-state index in [-0.39, 0.29) is 5.41 Å². The van der Waals surface area contributed by atoms with Gasteiger partial charge in [0, 0.05) is 37.0 Å². The number of hydrogen-bond donors (Lipinski definition) is 0. The number of allylic oxidation sites excluding steroid dienone is 1. The van der Waals surface area contributed by atoms with E-state index in [1.54, 1.807) is 0 Å². The number of fused-ring (bicyclic) bond motifs is 1. The van der Waals surface area contributed by atoms with E-state index in [2.05, 4.69) is 53.1 Å². The molecular formula is C25H36N2O. The molecule has 3 nitrogen and oxygen atoms in total. The molecule has 1 aromatic carbocycles. The summed E-state index contributed by atoms with van der Waals surface area (Å²) in [5.74, 6) is 1.81. The van der Waals surface area contributed by atoms with Gasteiger partial charge in [0.1, 0.15) is 0 Å². The zero-order valence-corrected chi connectivity index (χ0v) is 18.0. The molecule has 152 valence electrons. The van der Waals surface area contributed by atoms with Crippen molar-refractivity contribution >= 4 is 5.91 Å². The van der Waals surface area contributed by atoms with E-state index in [1.807, 2.05) is 20.8 Å². The lowest BCUT2D eigenvalue weighted by atomic mass is 9.85. The van der Waals surface area contributed by atoms with Gasteiger partial charge in [0.25, 0.3) is 0 Å². The molecule has 4 rings (SSSR count). The summed E-state index contributed by atoms with van der Waals surface area (Å²) in [5.41, 5.74) is 2.57. The van der Waals surface area contributed by atoms with Crippen LogP contribution < -0.4 is 0 Å². The molecule has 1 aliphatic carbocycles. The minimum Gasteiger partial charge on any atom is -0.341 e. The highest BCUT2D eigenvalue weighted by Gasteiger charge is 2.43. The fourth-order valence-corrected chi connectivity index (χ4v) is 5.35. The highest BCUT2D eigenvalue weighted by molar-refractivity contribution is 5.82. The van der Waals surface area contributed by atoms with Crippen molar-refractivity contribution in [2.24, 2.45) is 17.3 Å². The minimum atomic E-state index is -0.285. The summed E-state index contributed by atoms with van der Waals surface area (Å²) in [7, 11) is 0. The normalized spacial score (nSPS) is 30.2. The Balaban J connectivity index is 1.37. The van der Waals surface area contributed by atoms with E-state index >= 15 is 0 Å². The minimum absolute atomic E-state index is 0.285. The topological polar surface area (TPSA) is 23.6 Å². The molecule has 0 aromatic heterocycles. The lowest BCUT2D eigenvalue weighted by molar-refractivity contribution is -0.138. The van der Waals surface area contributed by atoms with E-state index in [0.717, 1.165) is 25.6 Å². The summed E-state index contributed by atoms with van der Waals surface area (Å²) >= 11 is 0. The lowest BCUT2D eigenvalue weighted by Crippen LogP contribution is -2.38. The van der Waals surface area contributed by atoms with Gasteiger partial charge in [-0.2, -0.15) is 0 Å². The van der Waals surface area contributed by atoms with Crippen molar-refractivity contribution in [3.05, 3.63) is 47.5 Å². The van der Waals surface area contributed by atoms with E-state index in [4.69, 9.17) is 0 Å². The molecule has 28 heavy (non-hydrogen) atoms. The fourth-order valence-electron chi connectivity index (χ4n) is 5.35. The summed E-state index contributed by atoms with van der Waals surface area (Å²) in [4.78, 5) is 17.4. The summed E-state index contributed by atoms with van der Waals surface area (Å²) in [6, 6.07) is 10.1. The molecule has 0 bridgehead atoms. The second-order valence-corrected chi connectivity index (χ2v) is 10.2. The van der Waals surface area contributed by atoms with Gasteiger partial charge < -0.3 is 9.80 Å². The van der Waals surface area contributed by atoms with Gasteiger partial charge in [-0.15, -0.1) is 0 Å². The molecule has 2 fully saturated rings. The number of carbonyl (C=O) groups excluding carboxylic acids is 1. The molecule has 1 amide bonds. The number of carbonyl (C=O) groups is 1. The first-order chi connectivity index (χ1) is 13.3. The van der Waals surface area contributed by atoms with Crippen molar-refractivity contribution in [3.8, 4) is 0 Å². The predicted molar refractivity (Wildman–Crippen MR) is 115 cm³/mol. The van der Waals surface area contributed by atoms with Crippen molar-refractivity contribution in [1.29, 1.82) is 0 Å². The first-order valence-corrected chi connectivity index (χ1v) is 11.1. The standard InChI is InChI=1S/C25H36N2O/c1-18-6-5-14-26(18)15-13-19-7-9-20(10-8-19)22-12-11-21-16-27(17-23(21)22)24(28)25(2,3)4/h7-12,18,21-23H,5-6,13-17H2,1-4H3. The Kier molecular flexibility index (Phi) is 5.39. The molecule has 0 saturated carbocycles. The zero-order valence-electron chi connectivity index (χ0n) is 18.0. The van der Waals surface area contributed by atoms with Crippen LogP contribution in [0, 0.1) is 17.3 Å². The Morgan fingerprint density at radius 2 is 1.86 bits per heavy atom. The highest BCUT2D eigenvalue weighted by atomic mass is 16.2. The van der Waals surface area contributed by atoms with Gasteiger partial charge in [0.2, 0.25) is 5.91 Å². The Bertz CT molecular complexity index is 730. The number of hydrogen-bond acceptors (Lipinski definition) is 2. The van der Waals surface area contributed by atoms with Crippen molar-refractivity contribution < 1.29 is 4.79 Å². The van der Waals surface area contributed by atoms with Gasteiger partial charge in [0.05, 0.1) is 0 Å². The van der Waals surface area contributed by atoms with Crippen molar-refractivity contribution in [1.82, 2.24) is 9.80 Å². The maximum atomic E-state index is 12.7. The van der Waals surface area contributed by atoms with Gasteiger partial charge in [-0.25, -0.2) is 0 Å². The van der Waals surface area contributed by atoms with E-state index in [1.165, 1.54) is 37.1 Å². The molecule has 3 heteroatoms. The van der Waals surface area contributed by atoms with Gasteiger partial charge in [0.15, 0.2) is 0 Å². The lowest BCUT2D eigenvalue weighted by Gasteiger charge is -2.27. The van der Waals surface area contributed by atoms with Crippen molar-refractivity contribution in [3.63, 3.8) is 0 Å². The van der Waals surface area contributed by atoms with E-state index < -0.39 is 0 Å². The molecule has 0 N–H and O–H groups in total. The summed E-state index contributed by atoms with van der Waals surface area (Å²) < 4.78 is 0. The first kappa shape index (κ1) is 19.7. The van der Waals surface area contributed by atoms with Gasteiger partial charge in [-0.1, -0.05) is 57.2 Å². The maximum Gasteiger partial charge on any atom is 0.227 e. The molecular weight excluding hydrogens is 344 g/mol. The SMILES string of the molecule is CC1CCCN1CCc1ccc(C2C=CC3CN(C(=O)C(C)(C)C)CC32)cc1. The highest BCUT2D eigenvalue weighted by Crippen LogP contribution is 2.43. The summed E-state index contributed by atoms with van der Waals surface area (Å²) in [6.45, 7) is 12.7. The van der Waals surface area contributed by atoms with Crippen LogP contribution in [0.4, 0.5) is 0 Å². The van der Waals surface area contributed by atoms with Crippen LogP contribution in [-0.4, -0.2) is 47.9 Å². The quantitative estimate of drug-likeness (QED) is 0.719. The Morgan fingerprint density at radius 3 is 2.50 bits per heavy atom. The predicted octanol–water partition coefficient (Wildman–Crippen LogP) is 4.49. The van der Waals surface area contributed by atoms with Crippen LogP contribution in [-0.2, 0) is 11.2 Å². The average Bonchev–Trinajstić information content (AvgIpc) is 3.34. The van der Waals surface area contributed by atoms with Crippen LogP contribution in [0.5, 0.6) is 0 Å². The van der Waals surface area contributed by atoms with Crippen LogP contribution in [0.2, 0.25) is 0 Å². The zero-order chi connectivity index (χ0) is 19.9. The second kappa shape index (κ2) is 7.67. The molecule has 3 aliphatic rings. The Morgan fingerprint density at radius 1 is 1.11 bits per heavy atom. The molecule has 2 saturated heterocycles. The monoisotopic (exact) mass is 380 g/mol. The molecule has 2 aliphatic heterocycles. The Hall–Kier alpha value is -1.61. The smallest absolute Gasteiger partial charge is 0.227 e. The number of nitrogens with zero attached hydrogens (tertiary/aromatic N) is 2. The van der Waals surface area contributed by atoms with Crippen LogP contribution in [0.1, 0.15) is 57.6 Å². The fraction of sp³-hybridized carbons (Fsp3) is 0.640. The largest absolute Gasteiger partial charge is 0.341 e. The third-order valence-electron chi connectivity index (χ3n) is 7.11. The van der Waals surface area contributed by atoms with E-state index in [9.17, 15) is 4.79 Å². The molecule has 0 radical (unpaired) electrons. The third kappa shape index (κ3) is 3.91. The number of rotatable bonds is 4. The Labute approximate surface area is 170 Å². The number of benzene rings is 1.